The third-order valence-electron chi connectivity index (χ3n) is 12.1. The zero-order chi connectivity index (χ0) is 56.9. The van der Waals surface area contributed by atoms with Crippen molar-refractivity contribution >= 4 is 114 Å². The number of amides is 3. The second kappa shape index (κ2) is 30.5. The Morgan fingerprint density at radius 1 is 0.734 bits per heavy atom. The van der Waals surface area contributed by atoms with Gasteiger partial charge in [-0.25, -0.2) is 10.1 Å². The molecule has 23 heteroatoms. The van der Waals surface area contributed by atoms with Crippen molar-refractivity contribution in [1.82, 2.24) is 0 Å². The molecule has 418 valence electrons. The van der Waals surface area contributed by atoms with Gasteiger partial charge in [-0.3, -0.25) is 23.7 Å². The molecule has 0 aliphatic rings. The first kappa shape index (κ1) is 61.3. The maximum Gasteiger partial charge on any atom is 0.338 e. The maximum atomic E-state index is 14.3. The molecule has 0 aliphatic carbocycles. The lowest BCUT2D eigenvalue weighted by atomic mass is 10.0. The van der Waals surface area contributed by atoms with Gasteiger partial charge in [0.05, 0.1) is 74.8 Å². The normalized spacial score (nSPS) is 11.8. The molecule has 6 N–H and O–H groups in total. The molecule has 19 nitrogen and oxygen atoms in total. The number of ketones is 1. The minimum atomic E-state index is -4.76. The van der Waals surface area contributed by atoms with Crippen LogP contribution in [-0.4, -0.2) is 71.3 Å². The quantitative estimate of drug-likeness (QED) is 0.00234. The van der Waals surface area contributed by atoms with Gasteiger partial charge in [0.2, 0.25) is 17.7 Å². The summed E-state index contributed by atoms with van der Waals surface area (Å²) >= 11 is 7.87. The number of esters is 1. The number of para-hydroxylation sites is 1. The Hall–Kier alpha value is -6.89. The molecule has 0 saturated carbocycles. The number of aryl methyl sites for hydroxylation is 1. The van der Waals surface area contributed by atoms with Crippen LogP contribution >= 0.6 is 35.4 Å². The van der Waals surface area contributed by atoms with Crippen molar-refractivity contribution in [3.8, 4) is 11.5 Å². The van der Waals surface area contributed by atoms with Gasteiger partial charge in [0, 0.05) is 22.8 Å². The van der Waals surface area contributed by atoms with Crippen molar-refractivity contribution in [3.05, 3.63) is 131 Å². The van der Waals surface area contributed by atoms with Gasteiger partial charge in [0.15, 0.2) is 16.8 Å². The number of phenols is 1. The molecule has 0 aromatic heterocycles. The van der Waals surface area contributed by atoms with Gasteiger partial charge in [0.1, 0.15) is 11.4 Å². The molecule has 0 bridgehead atoms. The van der Waals surface area contributed by atoms with E-state index >= 15 is 0 Å². The predicted octanol–water partition coefficient (Wildman–Crippen LogP) is 14.0. The van der Waals surface area contributed by atoms with Crippen LogP contribution in [0, 0.1) is 6.92 Å². The highest BCUT2D eigenvalue weighted by atomic mass is 35.5. The van der Waals surface area contributed by atoms with Crippen LogP contribution in [0.1, 0.15) is 111 Å². The highest BCUT2D eigenvalue weighted by molar-refractivity contribution is 8.01. The maximum absolute atomic E-state index is 14.3. The average Bonchev–Trinajstić information content (AvgIpc) is 3.51. The number of carbonyl (C=O) groups excluding carboxylic acids is 5. The van der Waals surface area contributed by atoms with Gasteiger partial charge in [-0.15, -0.1) is 21.2 Å². The summed E-state index contributed by atoms with van der Waals surface area (Å²) in [5.74, 6) is -3.06. The monoisotopic (exact) mass is 1160 g/mol. The number of hydrogen-bond acceptors (Lipinski definition) is 17. The number of ether oxygens (including phenoxy) is 2. The van der Waals surface area contributed by atoms with E-state index in [1.165, 1.54) is 74.9 Å². The number of thioether (sulfide) groups is 1. The van der Waals surface area contributed by atoms with Crippen LogP contribution in [0.3, 0.4) is 0 Å². The van der Waals surface area contributed by atoms with E-state index in [1.54, 1.807) is 67.6 Å². The molecule has 6 rings (SSSR count). The predicted molar refractivity (Wildman–Crippen MR) is 304 cm³/mol. The number of fused-ring (bicyclic) bond motifs is 1. The van der Waals surface area contributed by atoms with Gasteiger partial charge >= 0.3 is 5.97 Å². The number of nitrogens with one attached hydrogen (secondary N) is 3. The van der Waals surface area contributed by atoms with E-state index in [0.29, 0.717) is 39.5 Å². The number of anilines is 3. The van der Waals surface area contributed by atoms with Crippen molar-refractivity contribution in [3.63, 3.8) is 0 Å². The summed E-state index contributed by atoms with van der Waals surface area (Å²) in [5.41, 5.74) is 1.45. The smallest absolute Gasteiger partial charge is 0.338 e. The van der Waals surface area contributed by atoms with Crippen molar-refractivity contribution in [2.75, 3.05) is 29.2 Å². The first-order valence-electron chi connectivity index (χ1n) is 25.3. The van der Waals surface area contributed by atoms with E-state index in [1.807, 2.05) is 0 Å². The van der Waals surface area contributed by atoms with E-state index in [4.69, 9.17) is 26.3 Å². The summed E-state index contributed by atoms with van der Waals surface area (Å²) in [7, 11) is -4.76. The van der Waals surface area contributed by atoms with Gasteiger partial charge < -0.3 is 30.5 Å². The Bertz CT molecular complexity index is 3270. The number of aromatic hydroxyl groups is 1. The standard InChI is InChI=1S/C56H60ClN5O14S3/c1-4-5-6-7-8-9-10-11-12-17-29-74-56(68)37-22-27-43(57)45(32-37)60-55(67)54(52(65)42-19-14-13-18-35(42)2)77-47-21-16-15-20-44(47)59-49(64)28-30-73-40-25-23-39(24-26-40)61-62-51-48(78-76-75-69)33-38-31-41(79(70,71)72)34-46(58-36(3)63)50(38)53(51)66/h13-16,18-27,31-34,54,66,69H,4-12,17,28-30H2,1-3H3,(H,58,63)(H,59,64)(H,60,67)(H,70,71,72). The highest BCUT2D eigenvalue weighted by Crippen LogP contribution is 2.47. The first-order chi connectivity index (χ1) is 38.0. The van der Waals surface area contributed by atoms with Crippen LogP contribution in [0.15, 0.2) is 134 Å². The summed E-state index contributed by atoms with van der Waals surface area (Å²) in [6.45, 7) is 5.31. The first-order valence-corrected chi connectivity index (χ1v) is 28.7. The zero-order valence-corrected chi connectivity index (χ0v) is 46.7. The molecule has 6 aromatic carbocycles. The molecule has 0 fully saturated rings. The minimum Gasteiger partial charge on any atom is -0.505 e. The molecule has 0 radical (unpaired) electrons. The Morgan fingerprint density at radius 3 is 2.10 bits per heavy atom. The Labute approximate surface area is 471 Å². The van der Waals surface area contributed by atoms with E-state index in [2.05, 4.69) is 42.5 Å². The summed E-state index contributed by atoms with van der Waals surface area (Å²) in [6.07, 6.45) is 11.3. The summed E-state index contributed by atoms with van der Waals surface area (Å²) in [5, 5.41) is 39.0. The van der Waals surface area contributed by atoms with Crippen molar-refractivity contribution < 1.29 is 66.2 Å². The lowest BCUT2D eigenvalue weighted by Gasteiger charge is -2.19. The number of azo groups is 1. The number of unbranched alkanes of at least 4 members (excludes halogenated alkanes) is 9. The largest absolute Gasteiger partial charge is 0.505 e. The number of phenolic OH excluding ortho intramolecular Hbond substituents is 1. The number of Topliss-reactive ketones (excluding diaryl/α,β-unsaturated/α-hetero) is 1. The second-order valence-corrected chi connectivity index (χ2v) is 21.8. The molecule has 1 unspecified atom stereocenters. The number of rotatable bonds is 30. The van der Waals surface area contributed by atoms with Gasteiger partial charge in [-0.05, 0) is 97.1 Å². The molecule has 0 saturated heterocycles. The summed E-state index contributed by atoms with van der Waals surface area (Å²) < 4.78 is 49.7. The van der Waals surface area contributed by atoms with Crippen molar-refractivity contribution in [2.45, 2.75) is 111 Å². The number of hydrogen-bond donors (Lipinski definition) is 6. The summed E-state index contributed by atoms with van der Waals surface area (Å²) in [4.78, 5) is 66.9. The molecule has 0 aliphatic heterocycles. The number of carbonyl (C=O) groups is 5. The van der Waals surface area contributed by atoms with Crippen LogP contribution in [0.4, 0.5) is 28.4 Å². The van der Waals surface area contributed by atoms with Crippen LogP contribution in [0.25, 0.3) is 10.8 Å². The molecule has 1 atom stereocenters. The van der Waals surface area contributed by atoms with Crippen LogP contribution < -0.4 is 20.7 Å². The Kier molecular flexibility index (Phi) is 23.7. The van der Waals surface area contributed by atoms with Crippen molar-refractivity contribution in [1.29, 1.82) is 0 Å². The average molecular weight is 1160 g/mol. The molecule has 0 spiro atoms. The molecule has 0 heterocycles. The van der Waals surface area contributed by atoms with E-state index in [0.717, 1.165) is 56.5 Å². The zero-order valence-electron chi connectivity index (χ0n) is 43.5. The molecular formula is C56H60ClN5O14S3. The minimum absolute atomic E-state index is 0.0252. The van der Waals surface area contributed by atoms with E-state index in [9.17, 15) is 42.0 Å². The second-order valence-electron chi connectivity index (χ2n) is 18.0. The van der Waals surface area contributed by atoms with Gasteiger partial charge in [-0.1, -0.05) is 118 Å². The topological polar surface area (TPSA) is 278 Å². The van der Waals surface area contributed by atoms with Crippen LogP contribution in [-0.2, 0) is 38.6 Å². The van der Waals surface area contributed by atoms with Crippen molar-refractivity contribution in [2.24, 2.45) is 10.2 Å². The fraction of sp³-hybridized carbons (Fsp3) is 0.304. The number of benzene rings is 6. The third kappa shape index (κ3) is 18.3. The van der Waals surface area contributed by atoms with E-state index in [-0.39, 0.29) is 68.6 Å². The molecule has 79 heavy (non-hydrogen) atoms. The Balaban J connectivity index is 1.08. The van der Waals surface area contributed by atoms with Gasteiger partial charge in [0.25, 0.3) is 10.1 Å². The fourth-order valence-corrected chi connectivity index (χ4v) is 10.4. The molecule has 6 aromatic rings. The van der Waals surface area contributed by atoms with E-state index < -0.39 is 55.5 Å². The SMILES string of the molecule is CCCCCCCCCCCCOC(=O)c1ccc(Cl)c(NC(=O)C(Sc2ccccc2NC(=O)CCOc2ccc(N=Nc3c(SOOO)cc4cc(S(=O)(=O)O)cc(NC(C)=O)c4c3O)cc2)C(=O)c2ccccc2C)c1. The molecule has 3 amide bonds. The third-order valence-corrected chi connectivity index (χ3v) is 15.1. The number of halogens is 1. The highest BCUT2D eigenvalue weighted by Gasteiger charge is 2.32. The van der Waals surface area contributed by atoms with Gasteiger partial charge in [-0.2, -0.15) is 13.5 Å². The lowest BCUT2D eigenvalue weighted by molar-refractivity contribution is -0.432. The summed E-state index contributed by atoms with van der Waals surface area (Å²) in [6, 6.07) is 27.4. The molecular weight excluding hydrogens is 1100 g/mol. The Morgan fingerprint density at radius 2 is 1.42 bits per heavy atom. The fourth-order valence-electron chi connectivity index (χ4n) is 8.10. The number of nitrogens with zero attached hydrogens (tertiary/aromatic N) is 2. The lowest BCUT2D eigenvalue weighted by Crippen LogP contribution is -2.33. The van der Waals surface area contributed by atoms with Crippen LogP contribution in [0.2, 0.25) is 5.02 Å². The van der Waals surface area contributed by atoms with Crippen LogP contribution in [0.5, 0.6) is 11.5 Å².